The number of hydrogen-bond acceptors (Lipinski definition) is 5. The number of benzene rings is 2. The first-order valence-electron chi connectivity index (χ1n) is 11.0. The molecule has 6 nitrogen and oxygen atoms in total. The van der Waals surface area contributed by atoms with Crippen molar-refractivity contribution >= 4 is 66.8 Å². The first kappa shape index (κ1) is 25.0. The Morgan fingerprint density at radius 1 is 1.09 bits per heavy atom. The Kier molecular flexibility index (Phi) is 8.16. The highest BCUT2D eigenvalue weighted by Gasteiger charge is 2.37. The van der Waals surface area contributed by atoms with E-state index in [0.29, 0.717) is 30.4 Å². The highest BCUT2D eigenvalue weighted by atomic mass is 79.9. The van der Waals surface area contributed by atoms with Crippen molar-refractivity contribution < 1.29 is 19.1 Å². The summed E-state index contributed by atoms with van der Waals surface area (Å²) >= 11 is 7.95. The molecule has 0 unspecified atom stereocenters. The molecule has 0 spiro atoms. The monoisotopic (exact) mass is 606 g/mol. The molecule has 2 aliphatic heterocycles. The van der Waals surface area contributed by atoms with Crippen LogP contribution in [0, 0.1) is 6.92 Å². The molecule has 2 heterocycles. The summed E-state index contributed by atoms with van der Waals surface area (Å²) < 4.78 is 7.44. The number of carbonyl (C=O) groups excluding carboxylic acids is 3. The van der Waals surface area contributed by atoms with E-state index in [1.54, 1.807) is 11.0 Å². The van der Waals surface area contributed by atoms with Crippen molar-refractivity contribution in [2.24, 2.45) is 0 Å². The predicted molar refractivity (Wildman–Crippen MR) is 140 cm³/mol. The summed E-state index contributed by atoms with van der Waals surface area (Å²) in [5.74, 6) is 0.0371. The van der Waals surface area contributed by atoms with Crippen molar-refractivity contribution in [2.75, 3.05) is 19.6 Å². The second-order valence-electron chi connectivity index (χ2n) is 8.30. The lowest BCUT2D eigenvalue weighted by molar-refractivity contribution is -0.136. The molecule has 178 valence electrons. The molecule has 2 aromatic carbocycles. The van der Waals surface area contributed by atoms with E-state index in [1.807, 2.05) is 37.3 Å². The number of thioether (sulfide) groups is 1. The molecular formula is C25H24Br2N2O4S. The third-order valence-corrected chi connectivity index (χ3v) is 7.75. The summed E-state index contributed by atoms with van der Waals surface area (Å²) in [5.41, 5.74) is 2.96. The van der Waals surface area contributed by atoms with E-state index >= 15 is 0 Å². The number of rotatable bonds is 6. The van der Waals surface area contributed by atoms with Gasteiger partial charge in [0.05, 0.1) is 13.9 Å². The van der Waals surface area contributed by atoms with Gasteiger partial charge >= 0.3 is 0 Å². The number of hydrogen-bond donors (Lipinski definition) is 0. The van der Waals surface area contributed by atoms with Gasteiger partial charge in [0.1, 0.15) is 18.9 Å². The van der Waals surface area contributed by atoms with E-state index in [0.717, 1.165) is 56.0 Å². The van der Waals surface area contributed by atoms with Crippen LogP contribution in [0.15, 0.2) is 50.2 Å². The van der Waals surface area contributed by atoms with Crippen molar-refractivity contribution in [1.29, 1.82) is 0 Å². The molecule has 0 N–H and O–H groups in total. The Morgan fingerprint density at radius 2 is 1.79 bits per heavy atom. The van der Waals surface area contributed by atoms with Gasteiger partial charge in [-0.25, -0.2) is 0 Å². The number of amides is 3. The Bertz CT molecular complexity index is 1140. The maximum absolute atomic E-state index is 12.9. The molecule has 2 fully saturated rings. The van der Waals surface area contributed by atoms with Crippen LogP contribution in [0.2, 0.25) is 0 Å². The van der Waals surface area contributed by atoms with Gasteiger partial charge in [-0.2, -0.15) is 0 Å². The van der Waals surface area contributed by atoms with E-state index in [-0.39, 0.29) is 12.5 Å². The Balaban J connectivity index is 1.45. The number of carbonyl (C=O) groups is 3. The van der Waals surface area contributed by atoms with Crippen molar-refractivity contribution in [3.8, 4) is 5.75 Å². The van der Waals surface area contributed by atoms with Gasteiger partial charge in [0.2, 0.25) is 5.91 Å². The quantitative estimate of drug-likeness (QED) is 0.369. The minimum atomic E-state index is -0.438. The highest BCUT2D eigenvalue weighted by molar-refractivity contribution is 9.11. The fraction of sp³-hybridized carbons (Fsp3) is 0.320. The van der Waals surface area contributed by atoms with Gasteiger partial charge in [0.25, 0.3) is 11.1 Å². The molecule has 0 saturated carbocycles. The van der Waals surface area contributed by atoms with Gasteiger partial charge in [-0.3, -0.25) is 19.3 Å². The van der Waals surface area contributed by atoms with Crippen LogP contribution in [-0.4, -0.2) is 46.5 Å². The molecule has 34 heavy (non-hydrogen) atoms. The Labute approximate surface area is 220 Å². The molecule has 0 bridgehead atoms. The van der Waals surface area contributed by atoms with Crippen LogP contribution in [0.5, 0.6) is 5.75 Å². The fourth-order valence-corrected chi connectivity index (χ4v) is 6.21. The van der Waals surface area contributed by atoms with Crippen LogP contribution >= 0.6 is 43.6 Å². The van der Waals surface area contributed by atoms with E-state index in [2.05, 4.69) is 37.9 Å². The minimum Gasteiger partial charge on any atom is -0.487 e. The number of likely N-dealkylation sites (tertiary alicyclic amines) is 1. The summed E-state index contributed by atoms with van der Waals surface area (Å²) in [5, 5.41) is -0.419. The summed E-state index contributed by atoms with van der Waals surface area (Å²) in [6.45, 7) is 3.62. The lowest BCUT2D eigenvalue weighted by Crippen LogP contribution is -2.44. The largest absolute Gasteiger partial charge is 0.487 e. The van der Waals surface area contributed by atoms with Crippen molar-refractivity contribution in [3.05, 3.63) is 66.9 Å². The standard InChI is InChI=1S/C25H24Br2N2O4S/c1-16-6-5-7-17(10-16)15-33-23-19(26)11-18(12-20(23)27)13-21-24(31)29(25(32)34-21)14-22(30)28-8-3-2-4-9-28/h5-7,10-13H,2-4,8-9,14-15H2,1H3/b21-13-. The molecule has 0 radical (unpaired) electrons. The normalized spacial score (nSPS) is 17.6. The number of nitrogens with zero attached hydrogens (tertiary/aromatic N) is 2. The predicted octanol–water partition coefficient (Wildman–Crippen LogP) is 6.15. The zero-order chi connectivity index (χ0) is 24.2. The zero-order valence-corrected chi connectivity index (χ0v) is 22.7. The molecule has 9 heteroatoms. The lowest BCUT2D eigenvalue weighted by Gasteiger charge is -2.27. The van der Waals surface area contributed by atoms with Gasteiger partial charge in [0, 0.05) is 13.1 Å². The molecule has 2 aromatic rings. The third kappa shape index (κ3) is 5.93. The van der Waals surface area contributed by atoms with E-state index in [1.165, 1.54) is 5.56 Å². The van der Waals surface area contributed by atoms with Crippen LogP contribution < -0.4 is 4.74 Å². The first-order valence-corrected chi connectivity index (χ1v) is 13.4. The molecule has 0 aliphatic carbocycles. The maximum atomic E-state index is 12.9. The number of aryl methyl sites for hydroxylation is 1. The molecule has 2 saturated heterocycles. The number of imide groups is 1. The summed E-state index contributed by atoms with van der Waals surface area (Å²) in [6.07, 6.45) is 4.69. The Hall–Kier alpha value is -2.10. The lowest BCUT2D eigenvalue weighted by atomic mass is 10.1. The molecule has 2 aliphatic rings. The Morgan fingerprint density at radius 3 is 2.47 bits per heavy atom. The average Bonchev–Trinajstić information content (AvgIpc) is 3.06. The molecule has 0 aromatic heterocycles. The number of piperidine rings is 1. The molecule has 4 rings (SSSR count). The number of halogens is 2. The summed E-state index contributed by atoms with van der Waals surface area (Å²) in [4.78, 5) is 40.9. The second-order valence-corrected chi connectivity index (χ2v) is 11.0. The average molecular weight is 608 g/mol. The van der Waals surface area contributed by atoms with E-state index in [9.17, 15) is 14.4 Å². The molecule has 0 atom stereocenters. The smallest absolute Gasteiger partial charge is 0.294 e. The maximum Gasteiger partial charge on any atom is 0.294 e. The van der Waals surface area contributed by atoms with Crippen LogP contribution in [0.3, 0.4) is 0 Å². The van der Waals surface area contributed by atoms with Crippen LogP contribution in [-0.2, 0) is 16.2 Å². The van der Waals surface area contributed by atoms with Gasteiger partial charge < -0.3 is 9.64 Å². The SMILES string of the molecule is Cc1cccc(COc2c(Br)cc(/C=C3\SC(=O)N(CC(=O)N4CCCCC4)C3=O)cc2Br)c1. The van der Waals surface area contributed by atoms with Gasteiger partial charge in [-0.1, -0.05) is 29.8 Å². The topological polar surface area (TPSA) is 66.9 Å². The molecule has 3 amide bonds. The second kappa shape index (κ2) is 11.1. The summed E-state index contributed by atoms with van der Waals surface area (Å²) in [7, 11) is 0. The van der Waals surface area contributed by atoms with Crippen molar-refractivity contribution in [2.45, 2.75) is 32.8 Å². The van der Waals surface area contributed by atoms with Crippen LogP contribution in [0.25, 0.3) is 6.08 Å². The van der Waals surface area contributed by atoms with Crippen LogP contribution in [0.1, 0.15) is 36.0 Å². The van der Waals surface area contributed by atoms with Crippen molar-refractivity contribution in [3.63, 3.8) is 0 Å². The third-order valence-electron chi connectivity index (χ3n) is 5.66. The van der Waals surface area contributed by atoms with Gasteiger partial charge in [0.15, 0.2) is 0 Å². The zero-order valence-electron chi connectivity index (χ0n) is 18.7. The molecular weight excluding hydrogens is 584 g/mol. The minimum absolute atomic E-state index is 0.177. The number of ether oxygens (including phenoxy) is 1. The van der Waals surface area contributed by atoms with Crippen LogP contribution in [0.4, 0.5) is 4.79 Å². The first-order chi connectivity index (χ1) is 16.3. The van der Waals surface area contributed by atoms with Gasteiger partial charge in [-0.05, 0) is 99.1 Å². The van der Waals surface area contributed by atoms with Crippen molar-refractivity contribution in [1.82, 2.24) is 9.80 Å². The van der Waals surface area contributed by atoms with E-state index < -0.39 is 11.1 Å². The highest BCUT2D eigenvalue weighted by Crippen LogP contribution is 2.38. The van der Waals surface area contributed by atoms with E-state index in [4.69, 9.17) is 4.74 Å². The summed E-state index contributed by atoms with van der Waals surface area (Å²) in [6, 6.07) is 11.8. The fourth-order valence-electron chi connectivity index (χ4n) is 3.92. The van der Waals surface area contributed by atoms with Gasteiger partial charge in [-0.15, -0.1) is 0 Å².